The normalized spacial score (nSPS) is 11.0. The minimum atomic E-state index is -0.770. The van der Waals surface area contributed by atoms with Gasteiger partial charge in [-0.15, -0.1) is 0 Å². The van der Waals surface area contributed by atoms with Crippen molar-refractivity contribution >= 4 is 23.1 Å². The molecular weight excluding hydrogens is 360 g/mol. The molecule has 2 aromatic rings. The maximum atomic E-state index is 12.1. The number of hydrogen-bond donors (Lipinski definition) is 0. The summed E-state index contributed by atoms with van der Waals surface area (Å²) < 4.78 is 21.2. The molecule has 0 aliphatic rings. The third-order valence-electron chi connectivity index (χ3n) is 4.02. The number of rotatable bonds is 6. The molecule has 0 saturated carbocycles. The van der Waals surface area contributed by atoms with Gasteiger partial charge in [0, 0.05) is 10.8 Å². The summed E-state index contributed by atoms with van der Waals surface area (Å²) in [5, 5.41) is 1.34. The van der Waals surface area contributed by atoms with Crippen LogP contribution < -0.4 is 9.47 Å². The van der Waals surface area contributed by atoms with Crippen LogP contribution in [-0.4, -0.2) is 24.5 Å². The Hall–Kier alpha value is -2.76. The summed E-state index contributed by atoms with van der Waals surface area (Å²) in [7, 11) is 0. The van der Waals surface area contributed by atoms with Crippen LogP contribution in [0.1, 0.15) is 52.7 Å². The monoisotopic (exact) mass is 388 g/mol. The average Bonchev–Trinajstić information content (AvgIpc) is 2.61. The topological polar surface area (TPSA) is 71.1 Å². The molecule has 6 nitrogen and oxygen atoms in total. The molecule has 0 fully saturated rings. The number of carbonyl (C=O) groups excluding carboxylic acids is 2. The van der Waals surface area contributed by atoms with Gasteiger partial charge in [0.05, 0.1) is 12.2 Å². The van der Waals surface area contributed by atoms with E-state index in [1.54, 1.807) is 33.8 Å². The molecule has 0 aliphatic carbocycles. The highest BCUT2D eigenvalue weighted by Gasteiger charge is 2.20. The van der Waals surface area contributed by atoms with Gasteiger partial charge >= 0.3 is 12.3 Å². The fraction of sp³-hybridized carbons (Fsp3) is 0.455. The zero-order valence-corrected chi connectivity index (χ0v) is 17.3. The van der Waals surface area contributed by atoms with Crippen molar-refractivity contribution in [1.82, 2.24) is 0 Å². The van der Waals surface area contributed by atoms with Gasteiger partial charge in [0.25, 0.3) is 0 Å². The van der Waals surface area contributed by atoms with E-state index in [1.165, 1.54) is 0 Å². The molecule has 0 radical (unpaired) electrons. The van der Waals surface area contributed by atoms with Crippen molar-refractivity contribution < 1.29 is 28.5 Å². The van der Waals surface area contributed by atoms with Crippen LogP contribution in [0.2, 0.25) is 0 Å². The molecule has 0 saturated heterocycles. The summed E-state index contributed by atoms with van der Waals surface area (Å²) in [4.78, 5) is 24.1. The van der Waals surface area contributed by atoms with E-state index < -0.39 is 12.3 Å². The SMILES string of the molecule is CCc1ccc2c(OC(=O)OC(C)C)c(CC)cc(OC(=O)OC(C)C)c2c1. The Kier molecular flexibility index (Phi) is 7.26. The van der Waals surface area contributed by atoms with Gasteiger partial charge in [-0.3, -0.25) is 0 Å². The summed E-state index contributed by atoms with van der Waals surface area (Å²) in [5.74, 6) is 0.785. The lowest BCUT2D eigenvalue weighted by atomic mass is 9.99. The molecule has 2 rings (SSSR count). The molecule has 0 spiro atoms. The van der Waals surface area contributed by atoms with Crippen molar-refractivity contribution in [3.63, 3.8) is 0 Å². The lowest BCUT2D eigenvalue weighted by molar-refractivity contribution is 0.0711. The zero-order chi connectivity index (χ0) is 20.8. The van der Waals surface area contributed by atoms with E-state index in [0.717, 1.165) is 17.5 Å². The van der Waals surface area contributed by atoms with E-state index >= 15 is 0 Å². The minimum absolute atomic E-state index is 0.288. The van der Waals surface area contributed by atoms with E-state index in [2.05, 4.69) is 0 Å². The van der Waals surface area contributed by atoms with E-state index in [1.807, 2.05) is 32.0 Å². The van der Waals surface area contributed by atoms with E-state index in [9.17, 15) is 9.59 Å². The third-order valence-corrected chi connectivity index (χ3v) is 4.02. The van der Waals surface area contributed by atoms with E-state index in [4.69, 9.17) is 18.9 Å². The molecule has 2 aromatic carbocycles. The first-order valence-electron chi connectivity index (χ1n) is 9.60. The van der Waals surface area contributed by atoms with Crippen LogP contribution in [-0.2, 0) is 22.3 Å². The standard InChI is InChI=1S/C22H28O6/c1-7-15-9-10-17-18(11-15)19(27-21(23)25-13(3)4)12-16(8-2)20(17)28-22(24)26-14(5)6/h9-14H,7-8H2,1-6H3. The first-order chi connectivity index (χ1) is 13.2. The van der Waals surface area contributed by atoms with Crippen molar-refractivity contribution in [2.24, 2.45) is 0 Å². The molecular formula is C22H28O6. The maximum Gasteiger partial charge on any atom is 0.514 e. The Balaban J connectivity index is 2.56. The van der Waals surface area contributed by atoms with Gasteiger partial charge in [0.15, 0.2) is 0 Å². The van der Waals surface area contributed by atoms with E-state index in [0.29, 0.717) is 28.7 Å². The Morgan fingerprint density at radius 1 is 0.821 bits per heavy atom. The first kappa shape index (κ1) is 21.5. The van der Waals surface area contributed by atoms with Crippen LogP contribution >= 0.6 is 0 Å². The second kappa shape index (κ2) is 9.44. The highest BCUT2D eigenvalue weighted by atomic mass is 16.7. The van der Waals surface area contributed by atoms with Gasteiger partial charge in [-0.05, 0) is 63.8 Å². The van der Waals surface area contributed by atoms with Crippen LogP contribution in [0.25, 0.3) is 10.8 Å². The molecule has 152 valence electrons. The number of hydrogen-bond acceptors (Lipinski definition) is 6. The highest BCUT2D eigenvalue weighted by Crippen LogP contribution is 2.38. The number of fused-ring (bicyclic) bond motifs is 1. The van der Waals surface area contributed by atoms with Gasteiger partial charge in [-0.1, -0.05) is 26.0 Å². The summed E-state index contributed by atoms with van der Waals surface area (Å²) in [6, 6.07) is 7.46. The lowest BCUT2D eigenvalue weighted by Gasteiger charge is -2.17. The third kappa shape index (κ3) is 5.38. The molecule has 0 heterocycles. The number of ether oxygens (including phenoxy) is 4. The molecule has 0 N–H and O–H groups in total. The predicted octanol–water partition coefficient (Wildman–Crippen LogP) is 5.81. The second-order valence-electron chi connectivity index (χ2n) is 6.99. The summed E-state index contributed by atoms with van der Waals surface area (Å²) in [6.45, 7) is 11.0. The van der Waals surface area contributed by atoms with Crippen molar-refractivity contribution in [2.75, 3.05) is 0 Å². The average molecular weight is 388 g/mol. The van der Waals surface area contributed by atoms with Gasteiger partial charge in [0.1, 0.15) is 11.5 Å². The van der Waals surface area contributed by atoms with Crippen molar-refractivity contribution in [3.05, 3.63) is 35.4 Å². The number of carbonyl (C=O) groups is 2. The zero-order valence-electron chi connectivity index (χ0n) is 17.3. The van der Waals surface area contributed by atoms with Gasteiger partial charge in [-0.25, -0.2) is 9.59 Å². The summed E-state index contributed by atoms with van der Waals surface area (Å²) in [5.41, 5.74) is 1.79. The minimum Gasteiger partial charge on any atom is -0.431 e. The quantitative estimate of drug-likeness (QED) is 0.459. The largest absolute Gasteiger partial charge is 0.514 e. The highest BCUT2D eigenvalue weighted by molar-refractivity contribution is 5.97. The fourth-order valence-corrected chi connectivity index (χ4v) is 2.76. The Labute approximate surface area is 165 Å². The smallest absolute Gasteiger partial charge is 0.431 e. The Morgan fingerprint density at radius 2 is 1.43 bits per heavy atom. The Morgan fingerprint density at radius 3 is 1.96 bits per heavy atom. The molecule has 0 unspecified atom stereocenters. The Bertz CT molecular complexity index is 854. The fourth-order valence-electron chi connectivity index (χ4n) is 2.76. The van der Waals surface area contributed by atoms with Crippen molar-refractivity contribution in [1.29, 1.82) is 0 Å². The molecule has 0 aromatic heterocycles. The van der Waals surface area contributed by atoms with Crippen LogP contribution in [0.4, 0.5) is 9.59 Å². The summed E-state index contributed by atoms with van der Waals surface area (Å²) >= 11 is 0. The van der Waals surface area contributed by atoms with Crippen LogP contribution in [0, 0.1) is 0 Å². The molecule has 0 atom stereocenters. The maximum absolute atomic E-state index is 12.1. The molecule has 28 heavy (non-hydrogen) atoms. The lowest BCUT2D eigenvalue weighted by Crippen LogP contribution is -2.17. The molecule has 0 amide bonds. The first-order valence-corrected chi connectivity index (χ1v) is 9.60. The van der Waals surface area contributed by atoms with Gasteiger partial charge in [0.2, 0.25) is 0 Å². The van der Waals surface area contributed by atoms with Crippen molar-refractivity contribution in [2.45, 2.75) is 66.6 Å². The van der Waals surface area contributed by atoms with Crippen LogP contribution in [0.5, 0.6) is 11.5 Å². The van der Waals surface area contributed by atoms with Gasteiger partial charge < -0.3 is 18.9 Å². The van der Waals surface area contributed by atoms with Crippen molar-refractivity contribution in [3.8, 4) is 11.5 Å². The second-order valence-corrected chi connectivity index (χ2v) is 6.99. The summed E-state index contributed by atoms with van der Waals surface area (Å²) in [6.07, 6.45) is -0.724. The van der Waals surface area contributed by atoms with Gasteiger partial charge in [-0.2, -0.15) is 0 Å². The number of aryl methyl sites for hydroxylation is 2. The molecule has 0 aliphatic heterocycles. The molecule has 6 heteroatoms. The van der Waals surface area contributed by atoms with Crippen LogP contribution in [0.3, 0.4) is 0 Å². The number of benzene rings is 2. The van der Waals surface area contributed by atoms with Crippen LogP contribution in [0.15, 0.2) is 24.3 Å². The molecule has 0 bridgehead atoms. The van der Waals surface area contributed by atoms with E-state index in [-0.39, 0.29) is 12.2 Å². The predicted molar refractivity (Wildman–Crippen MR) is 107 cm³/mol.